The van der Waals surface area contributed by atoms with Crippen LogP contribution in [0.25, 0.3) is 0 Å². The maximum Gasteiger partial charge on any atom is 0.416 e. The van der Waals surface area contributed by atoms with Crippen LogP contribution in [0.4, 0.5) is 13.2 Å². The van der Waals surface area contributed by atoms with E-state index >= 15 is 0 Å². The fourth-order valence-corrected chi connectivity index (χ4v) is 5.20. The zero-order chi connectivity index (χ0) is 25.8. The van der Waals surface area contributed by atoms with E-state index in [4.69, 9.17) is 16.3 Å². The number of ether oxygens (including phenoxy) is 1. The van der Waals surface area contributed by atoms with Gasteiger partial charge in [0.05, 0.1) is 23.3 Å². The molecule has 1 saturated heterocycles. The second-order valence-electron chi connectivity index (χ2n) is 8.07. The number of carbonyl (C=O) groups is 1. The molecule has 192 valence electrons. The first-order valence-electron chi connectivity index (χ1n) is 11.0. The molecule has 0 bridgehead atoms. The van der Waals surface area contributed by atoms with Crippen molar-refractivity contribution in [3.63, 3.8) is 0 Å². The van der Waals surface area contributed by atoms with E-state index in [1.54, 1.807) is 0 Å². The Morgan fingerprint density at radius 2 is 1.89 bits per heavy atom. The lowest BCUT2D eigenvalue weighted by atomic mass is 10.0. The van der Waals surface area contributed by atoms with Gasteiger partial charge in [0.1, 0.15) is 5.75 Å². The van der Waals surface area contributed by atoms with Gasteiger partial charge in [-0.25, -0.2) is 8.42 Å². The molecule has 12 heteroatoms. The minimum absolute atomic E-state index is 0.00429. The fourth-order valence-electron chi connectivity index (χ4n) is 3.89. The maximum absolute atomic E-state index is 14.0. The second kappa shape index (κ2) is 11.2. The molecule has 3 rings (SSSR count). The molecule has 0 aromatic heterocycles. The smallest absolute Gasteiger partial charge is 0.416 e. The van der Waals surface area contributed by atoms with Gasteiger partial charge in [-0.15, -0.1) is 0 Å². The van der Waals surface area contributed by atoms with Crippen LogP contribution in [0.1, 0.15) is 34.0 Å². The number of rotatable bonds is 8. The highest BCUT2D eigenvalue weighted by Crippen LogP contribution is 2.38. The van der Waals surface area contributed by atoms with Gasteiger partial charge in [0, 0.05) is 55.4 Å². The molecular formula is C23H27ClF3N3O4S. The Labute approximate surface area is 207 Å². The number of halogens is 4. The molecule has 0 unspecified atom stereocenters. The highest BCUT2D eigenvalue weighted by atomic mass is 35.5. The summed E-state index contributed by atoms with van der Waals surface area (Å²) in [6.45, 7) is 3.80. The largest absolute Gasteiger partial charge is 0.496 e. The SMILES string of the molecule is CCS(=O)(=O)c1ccc(Cl)cc1CNC(=O)c1cc(OC)c(CN2CCNCC2)c(C(F)(F)F)c1. The van der Waals surface area contributed by atoms with Gasteiger partial charge in [-0.05, 0) is 35.9 Å². The maximum atomic E-state index is 14.0. The molecule has 1 aliphatic rings. The molecule has 2 aromatic carbocycles. The van der Waals surface area contributed by atoms with Crippen molar-refractivity contribution in [2.45, 2.75) is 31.1 Å². The van der Waals surface area contributed by atoms with Crippen LogP contribution in [0.15, 0.2) is 35.2 Å². The van der Waals surface area contributed by atoms with Crippen molar-refractivity contribution in [3.05, 3.63) is 57.6 Å². The molecule has 2 aromatic rings. The van der Waals surface area contributed by atoms with E-state index in [1.165, 1.54) is 38.3 Å². The Morgan fingerprint density at radius 3 is 2.49 bits per heavy atom. The Bertz CT molecular complexity index is 1180. The quantitative estimate of drug-likeness (QED) is 0.540. The number of nitrogens with zero attached hydrogens (tertiary/aromatic N) is 1. The summed E-state index contributed by atoms with van der Waals surface area (Å²) in [4.78, 5) is 14.7. The van der Waals surface area contributed by atoms with E-state index in [9.17, 15) is 26.4 Å². The van der Waals surface area contributed by atoms with Gasteiger partial charge in [0.15, 0.2) is 9.84 Å². The number of methoxy groups -OCH3 is 1. The summed E-state index contributed by atoms with van der Waals surface area (Å²) in [5.41, 5.74) is -0.992. The molecule has 2 N–H and O–H groups in total. The summed E-state index contributed by atoms with van der Waals surface area (Å²) in [7, 11) is -2.35. The lowest BCUT2D eigenvalue weighted by Crippen LogP contribution is -2.43. The number of amides is 1. The summed E-state index contributed by atoms with van der Waals surface area (Å²) in [5, 5.41) is 5.92. The summed E-state index contributed by atoms with van der Waals surface area (Å²) >= 11 is 5.99. The predicted octanol–water partition coefficient (Wildman–Crippen LogP) is 3.50. The Hall–Kier alpha value is -2.34. The monoisotopic (exact) mass is 533 g/mol. The summed E-state index contributed by atoms with van der Waals surface area (Å²) in [6, 6.07) is 6.24. The van der Waals surface area contributed by atoms with E-state index in [-0.39, 0.29) is 51.2 Å². The lowest BCUT2D eigenvalue weighted by molar-refractivity contribution is -0.138. The number of alkyl halides is 3. The molecule has 0 spiro atoms. The second-order valence-corrected chi connectivity index (χ2v) is 10.7. The van der Waals surface area contributed by atoms with E-state index in [0.717, 1.165) is 6.07 Å². The third-order valence-electron chi connectivity index (χ3n) is 5.76. The third kappa shape index (κ3) is 6.66. The Morgan fingerprint density at radius 1 is 1.20 bits per heavy atom. The molecule has 0 radical (unpaired) electrons. The molecule has 7 nitrogen and oxygen atoms in total. The zero-order valence-corrected chi connectivity index (χ0v) is 20.9. The molecule has 1 amide bonds. The van der Waals surface area contributed by atoms with Crippen LogP contribution in [0.2, 0.25) is 5.02 Å². The van der Waals surface area contributed by atoms with E-state index in [0.29, 0.717) is 26.2 Å². The summed E-state index contributed by atoms with van der Waals surface area (Å²) in [5.74, 6) is -1.00. The van der Waals surface area contributed by atoms with Gasteiger partial charge in [-0.3, -0.25) is 9.69 Å². The minimum atomic E-state index is -4.71. The molecule has 0 saturated carbocycles. The molecular weight excluding hydrogens is 507 g/mol. The molecule has 0 atom stereocenters. The van der Waals surface area contributed by atoms with Crippen molar-refractivity contribution < 1.29 is 31.1 Å². The molecule has 1 fully saturated rings. The first-order chi connectivity index (χ1) is 16.5. The number of piperazine rings is 1. The van der Waals surface area contributed by atoms with E-state index in [2.05, 4.69) is 10.6 Å². The highest BCUT2D eigenvalue weighted by molar-refractivity contribution is 7.91. The Kier molecular flexibility index (Phi) is 8.68. The molecule has 1 heterocycles. The fraction of sp³-hybridized carbons (Fsp3) is 0.435. The number of hydrogen-bond donors (Lipinski definition) is 2. The van der Waals surface area contributed by atoms with Crippen LogP contribution >= 0.6 is 11.6 Å². The summed E-state index contributed by atoms with van der Waals surface area (Å²) in [6.07, 6.45) is -4.71. The first-order valence-corrected chi connectivity index (χ1v) is 13.0. The number of nitrogens with one attached hydrogen (secondary N) is 2. The van der Waals surface area contributed by atoms with Crippen LogP contribution in [-0.2, 0) is 29.1 Å². The van der Waals surface area contributed by atoms with Crippen LogP contribution in [0.5, 0.6) is 5.75 Å². The number of sulfone groups is 1. The molecule has 1 aliphatic heterocycles. The van der Waals surface area contributed by atoms with Gasteiger partial charge in [0.25, 0.3) is 5.91 Å². The van der Waals surface area contributed by atoms with Gasteiger partial charge in [0.2, 0.25) is 0 Å². The predicted molar refractivity (Wildman–Crippen MR) is 126 cm³/mol. The van der Waals surface area contributed by atoms with Gasteiger partial charge < -0.3 is 15.4 Å². The highest BCUT2D eigenvalue weighted by Gasteiger charge is 2.36. The van der Waals surface area contributed by atoms with Crippen LogP contribution in [0, 0.1) is 0 Å². The lowest BCUT2D eigenvalue weighted by Gasteiger charge is -2.29. The van der Waals surface area contributed by atoms with Crippen LogP contribution in [0.3, 0.4) is 0 Å². The first kappa shape index (κ1) is 27.3. The van der Waals surface area contributed by atoms with E-state index < -0.39 is 27.5 Å². The number of carbonyl (C=O) groups excluding carboxylic acids is 1. The average molecular weight is 534 g/mol. The van der Waals surface area contributed by atoms with Gasteiger partial charge in [-0.2, -0.15) is 13.2 Å². The van der Waals surface area contributed by atoms with Crippen LogP contribution < -0.4 is 15.4 Å². The van der Waals surface area contributed by atoms with Crippen molar-refractivity contribution >= 4 is 27.3 Å². The zero-order valence-electron chi connectivity index (χ0n) is 19.3. The average Bonchev–Trinajstić information content (AvgIpc) is 2.82. The topological polar surface area (TPSA) is 87.7 Å². The molecule has 0 aliphatic carbocycles. The Balaban J connectivity index is 1.91. The number of benzene rings is 2. The summed E-state index contributed by atoms with van der Waals surface area (Å²) < 4.78 is 72.0. The van der Waals surface area contributed by atoms with Crippen molar-refractivity contribution in [1.29, 1.82) is 0 Å². The minimum Gasteiger partial charge on any atom is -0.496 e. The molecule has 35 heavy (non-hydrogen) atoms. The van der Waals surface area contributed by atoms with Crippen molar-refractivity contribution in [3.8, 4) is 5.75 Å². The third-order valence-corrected chi connectivity index (χ3v) is 7.83. The normalized spacial score (nSPS) is 15.1. The standard InChI is InChI=1S/C23H27ClF3N3O4S/c1-3-35(32,33)21-5-4-17(24)10-16(21)13-29-22(31)15-11-19(23(25,26)27)18(20(12-15)34-2)14-30-8-6-28-7-9-30/h4-5,10-12,28H,3,6-9,13-14H2,1-2H3,(H,29,31). The van der Waals surface area contributed by atoms with E-state index in [1.807, 2.05) is 4.90 Å². The van der Waals surface area contributed by atoms with Crippen molar-refractivity contribution in [1.82, 2.24) is 15.5 Å². The van der Waals surface area contributed by atoms with Crippen molar-refractivity contribution in [2.24, 2.45) is 0 Å². The number of hydrogen-bond acceptors (Lipinski definition) is 6. The van der Waals surface area contributed by atoms with Gasteiger partial charge >= 0.3 is 6.18 Å². The van der Waals surface area contributed by atoms with Gasteiger partial charge in [-0.1, -0.05) is 18.5 Å². The van der Waals surface area contributed by atoms with Crippen LogP contribution in [-0.4, -0.2) is 58.3 Å². The van der Waals surface area contributed by atoms with Crippen molar-refractivity contribution in [2.75, 3.05) is 39.0 Å².